The van der Waals surface area contributed by atoms with Gasteiger partial charge in [-0.15, -0.1) is 0 Å². The molecule has 1 aromatic carbocycles. The lowest BCUT2D eigenvalue weighted by atomic mass is 10.3. The van der Waals surface area contributed by atoms with Crippen LogP contribution in [0.3, 0.4) is 0 Å². The zero-order valence-electron chi connectivity index (χ0n) is 11.6. The van der Waals surface area contributed by atoms with Gasteiger partial charge in [-0.25, -0.2) is 9.37 Å². The molecule has 0 atom stereocenters. The van der Waals surface area contributed by atoms with E-state index < -0.39 is 0 Å². The second kappa shape index (κ2) is 7.23. The summed E-state index contributed by atoms with van der Waals surface area (Å²) in [5.74, 6) is -0.0270. The lowest BCUT2D eigenvalue weighted by molar-refractivity contribution is -0.114. The summed E-state index contributed by atoms with van der Waals surface area (Å²) >= 11 is 0. The van der Waals surface area contributed by atoms with Crippen LogP contribution in [-0.4, -0.2) is 24.0 Å². The molecule has 0 aliphatic carbocycles. The highest BCUT2D eigenvalue weighted by molar-refractivity contribution is 5.93. The maximum atomic E-state index is 12.7. The lowest BCUT2D eigenvalue weighted by Crippen LogP contribution is -2.21. The van der Waals surface area contributed by atoms with Crippen LogP contribution in [0, 0.1) is 5.82 Å². The molecule has 2 aromatic rings. The van der Waals surface area contributed by atoms with Crippen molar-refractivity contribution < 1.29 is 13.9 Å². The molecule has 2 rings (SSSR count). The number of amides is 1. The number of nitrogens with zero attached hydrogens (tertiary/aromatic N) is 1. The third-order valence-electron chi connectivity index (χ3n) is 2.61. The number of rotatable bonds is 6. The SMILES string of the molecule is CCOc1ccc(NCC(=O)Nc2ccc(F)cc2)cn1. The standard InChI is InChI=1S/C15H16FN3O2/c1-2-21-15-8-7-13(9-18-15)17-10-14(20)19-12-5-3-11(16)4-6-12/h3-9,17H,2,10H2,1H3,(H,19,20). The minimum absolute atomic E-state index is 0.0903. The molecule has 1 amide bonds. The number of hydrogen-bond acceptors (Lipinski definition) is 4. The third-order valence-corrected chi connectivity index (χ3v) is 2.61. The zero-order valence-corrected chi connectivity index (χ0v) is 11.6. The van der Waals surface area contributed by atoms with E-state index in [2.05, 4.69) is 15.6 Å². The number of carbonyl (C=O) groups excluding carboxylic acids is 1. The molecular weight excluding hydrogens is 273 g/mol. The minimum Gasteiger partial charge on any atom is -0.478 e. The van der Waals surface area contributed by atoms with Crippen LogP contribution in [0.1, 0.15) is 6.92 Å². The topological polar surface area (TPSA) is 63.2 Å². The second-order valence-electron chi connectivity index (χ2n) is 4.23. The lowest BCUT2D eigenvalue weighted by Gasteiger charge is -2.08. The number of aromatic nitrogens is 1. The fraction of sp³-hybridized carbons (Fsp3) is 0.200. The molecule has 1 aromatic heterocycles. The molecule has 0 aliphatic rings. The largest absolute Gasteiger partial charge is 0.478 e. The van der Waals surface area contributed by atoms with Crippen LogP contribution in [0.15, 0.2) is 42.6 Å². The van der Waals surface area contributed by atoms with Crippen molar-refractivity contribution >= 4 is 17.3 Å². The third kappa shape index (κ3) is 4.76. The summed E-state index contributed by atoms with van der Waals surface area (Å²) in [7, 11) is 0. The number of nitrogens with one attached hydrogen (secondary N) is 2. The molecule has 1 heterocycles. The number of ether oxygens (including phenoxy) is 1. The van der Waals surface area contributed by atoms with Crippen LogP contribution >= 0.6 is 0 Å². The molecule has 0 saturated heterocycles. The summed E-state index contributed by atoms with van der Waals surface area (Å²) in [4.78, 5) is 15.8. The fourth-order valence-corrected chi connectivity index (χ4v) is 1.64. The van der Waals surface area contributed by atoms with Crippen LogP contribution in [0.25, 0.3) is 0 Å². The van der Waals surface area contributed by atoms with Crippen molar-refractivity contribution in [1.29, 1.82) is 0 Å². The van der Waals surface area contributed by atoms with Gasteiger partial charge in [-0.1, -0.05) is 0 Å². The van der Waals surface area contributed by atoms with Crippen LogP contribution in [0.2, 0.25) is 0 Å². The van der Waals surface area contributed by atoms with E-state index in [4.69, 9.17) is 4.74 Å². The number of hydrogen-bond donors (Lipinski definition) is 2. The van der Waals surface area contributed by atoms with Crippen molar-refractivity contribution in [2.45, 2.75) is 6.92 Å². The summed E-state index contributed by atoms with van der Waals surface area (Å²) in [6.45, 7) is 2.53. The molecule has 0 aliphatic heterocycles. The van der Waals surface area contributed by atoms with Crippen molar-refractivity contribution in [3.8, 4) is 5.88 Å². The molecule has 21 heavy (non-hydrogen) atoms. The van der Waals surface area contributed by atoms with Crippen molar-refractivity contribution in [2.75, 3.05) is 23.8 Å². The first-order chi connectivity index (χ1) is 10.2. The first-order valence-electron chi connectivity index (χ1n) is 6.55. The Bertz CT molecular complexity index is 585. The van der Waals surface area contributed by atoms with Crippen molar-refractivity contribution in [3.63, 3.8) is 0 Å². The summed E-state index contributed by atoms with van der Waals surface area (Å²) in [5.41, 5.74) is 1.26. The van der Waals surface area contributed by atoms with E-state index >= 15 is 0 Å². The Morgan fingerprint density at radius 3 is 2.52 bits per heavy atom. The molecular formula is C15H16FN3O2. The second-order valence-corrected chi connectivity index (χ2v) is 4.23. The van der Waals surface area contributed by atoms with Gasteiger partial charge in [0.15, 0.2) is 0 Å². The summed E-state index contributed by atoms with van der Waals surface area (Å²) < 4.78 is 18.0. The Kier molecular flexibility index (Phi) is 5.09. The molecule has 0 radical (unpaired) electrons. The van der Waals surface area contributed by atoms with E-state index in [9.17, 15) is 9.18 Å². The highest BCUT2D eigenvalue weighted by Crippen LogP contribution is 2.11. The van der Waals surface area contributed by atoms with Gasteiger partial charge in [-0.3, -0.25) is 4.79 Å². The maximum absolute atomic E-state index is 12.7. The molecule has 5 nitrogen and oxygen atoms in total. The van der Waals surface area contributed by atoms with Crippen LogP contribution in [0.5, 0.6) is 5.88 Å². The molecule has 0 fully saturated rings. The number of carbonyl (C=O) groups is 1. The number of halogens is 1. The van der Waals surface area contributed by atoms with Crippen molar-refractivity contribution in [2.24, 2.45) is 0 Å². The smallest absolute Gasteiger partial charge is 0.243 e. The quantitative estimate of drug-likeness (QED) is 0.858. The van der Waals surface area contributed by atoms with Gasteiger partial charge in [0.05, 0.1) is 25.0 Å². The number of pyridine rings is 1. The molecule has 2 N–H and O–H groups in total. The molecule has 0 unspecified atom stereocenters. The van der Waals surface area contributed by atoms with Crippen LogP contribution in [-0.2, 0) is 4.79 Å². The predicted octanol–water partition coefficient (Wildman–Crippen LogP) is 2.67. The van der Waals surface area contributed by atoms with E-state index in [-0.39, 0.29) is 18.3 Å². The van der Waals surface area contributed by atoms with Gasteiger partial charge < -0.3 is 15.4 Å². The average molecular weight is 289 g/mol. The Morgan fingerprint density at radius 2 is 1.90 bits per heavy atom. The number of benzene rings is 1. The summed E-state index contributed by atoms with van der Waals surface area (Å²) in [5, 5.41) is 5.60. The Morgan fingerprint density at radius 1 is 1.19 bits per heavy atom. The van der Waals surface area contributed by atoms with Gasteiger partial charge >= 0.3 is 0 Å². The molecule has 6 heteroatoms. The fourth-order valence-electron chi connectivity index (χ4n) is 1.64. The van der Waals surface area contributed by atoms with Gasteiger partial charge in [-0.2, -0.15) is 0 Å². The van der Waals surface area contributed by atoms with E-state index in [1.807, 2.05) is 6.92 Å². The molecule has 0 bridgehead atoms. The maximum Gasteiger partial charge on any atom is 0.243 e. The van der Waals surface area contributed by atoms with Crippen LogP contribution < -0.4 is 15.4 Å². The van der Waals surface area contributed by atoms with Crippen molar-refractivity contribution in [1.82, 2.24) is 4.98 Å². The Labute approximate surface area is 122 Å². The monoisotopic (exact) mass is 289 g/mol. The van der Waals surface area contributed by atoms with Crippen molar-refractivity contribution in [3.05, 3.63) is 48.4 Å². The summed E-state index contributed by atoms with van der Waals surface area (Å²) in [6, 6.07) is 9.10. The van der Waals surface area contributed by atoms with Crippen LogP contribution in [0.4, 0.5) is 15.8 Å². The summed E-state index contributed by atoms with van der Waals surface area (Å²) in [6.07, 6.45) is 1.59. The normalized spacial score (nSPS) is 10.0. The van der Waals surface area contributed by atoms with Gasteiger partial charge in [-0.05, 0) is 37.3 Å². The van der Waals surface area contributed by atoms with E-state index in [1.54, 1.807) is 18.3 Å². The highest BCUT2D eigenvalue weighted by Gasteiger charge is 2.03. The zero-order chi connectivity index (χ0) is 15.1. The van der Waals surface area contributed by atoms with E-state index in [0.29, 0.717) is 23.9 Å². The molecule has 0 saturated carbocycles. The molecule has 0 spiro atoms. The van der Waals surface area contributed by atoms with E-state index in [0.717, 1.165) is 0 Å². The number of anilines is 2. The average Bonchev–Trinajstić information content (AvgIpc) is 2.49. The van der Waals surface area contributed by atoms with Gasteiger partial charge in [0.25, 0.3) is 0 Å². The van der Waals surface area contributed by atoms with Gasteiger partial charge in [0, 0.05) is 11.8 Å². The predicted molar refractivity (Wildman–Crippen MR) is 78.9 cm³/mol. The first kappa shape index (κ1) is 14.8. The minimum atomic E-state index is -0.341. The van der Waals surface area contributed by atoms with E-state index in [1.165, 1.54) is 24.3 Å². The first-order valence-corrected chi connectivity index (χ1v) is 6.55. The highest BCUT2D eigenvalue weighted by atomic mass is 19.1. The van der Waals surface area contributed by atoms with Gasteiger partial charge in [0.2, 0.25) is 11.8 Å². The Hall–Kier alpha value is -2.63. The van der Waals surface area contributed by atoms with Gasteiger partial charge in [0.1, 0.15) is 5.82 Å². The molecule has 110 valence electrons. The Balaban J connectivity index is 1.81.